The number of amides is 2. The van der Waals surface area contributed by atoms with Crippen LogP contribution in [0, 0.1) is 0 Å². The number of anilines is 1. The Kier molecular flexibility index (Phi) is 6.97. The van der Waals surface area contributed by atoms with Crippen molar-refractivity contribution in [1.29, 1.82) is 0 Å². The predicted molar refractivity (Wildman–Crippen MR) is 114 cm³/mol. The molecule has 0 saturated carbocycles. The van der Waals surface area contributed by atoms with Gasteiger partial charge in [0.2, 0.25) is 10.0 Å². The number of carbonyl (C=O) groups excluding carboxylic acids is 2. The SMILES string of the molecule is COc1ccc(NC(=O)c2nnc(C(=O)NCc3ccc(OC(C)C)cc3)s2)cc1. The molecular weight excluding hydrogens is 404 g/mol. The molecule has 0 aliphatic carbocycles. The number of hydrogen-bond donors (Lipinski definition) is 2. The van der Waals surface area contributed by atoms with E-state index in [2.05, 4.69) is 20.8 Å². The largest absolute Gasteiger partial charge is 0.497 e. The second-order valence-corrected chi connectivity index (χ2v) is 7.57. The zero-order chi connectivity index (χ0) is 21.5. The number of hydrogen-bond acceptors (Lipinski definition) is 7. The Hall–Kier alpha value is -3.46. The number of nitrogens with zero attached hydrogens (tertiary/aromatic N) is 2. The molecule has 8 nitrogen and oxygen atoms in total. The molecular formula is C21H22N4O4S. The van der Waals surface area contributed by atoms with Crippen LogP contribution < -0.4 is 20.1 Å². The molecule has 0 saturated heterocycles. The number of benzene rings is 2. The number of nitrogens with one attached hydrogen (secondary N) is 2. The molecule has 2 N–H and O–H groups in total. The maximum atomic E-state index is 12.3. The molecule has 3 rings (SSSR count). The second kappa shape index (κ2) is 9.84. The molecule has 0 unspecified atom stereocenters. The first kappa shape index (κ1) is 21.3. The van der Waals surface area contributed by atoms with Gasteiger partial charge in [-0.25, -0.2) is 0 Å². The molecule has 2 aromatic carbocycles. The van der Waals surface area contributed by atoms with Gasteiger partial charge in [-0.1, -0.05) is 23.5 Å². The van der Waals surface area contributed by atoms with Crippen molar-refractivity contribution in [3.8, 4) is 11.5 Å². The molecule has 0 aliphatic rings. The standard InChI is InChI=1S/C21H22N4O4S/c1-13(2)29-17-8-4-14(5-9-17)12-22-18(26)20-24-25-21(30-20)19(27)23-15-6-10-16(28-3)11-7-15/h4-11,13H,12H2,1-3H3,(H,22,26)(H,23,27). The molecule has 0 atom stereocenters. The van der Waals surface area contributed by atoms with Gasteiger partial charge in [0.25, 0.3) is 11.8 Å². The number of carbonyl (C=O) groups is 2. The Labute approximate surface area is 178 Å². The summed E-state index contributed by atoms with van der Waals surface area (Å²) in [6.07, 6.45) is 0.101. The topological polar surface area (TPSA) is 102 Å². The first-order valence-corrected chi connectivity index (χ1v) is 10.1. The lowest BCUT2D eigenvalue weighted by Gasteiger charge is -2.10. The van der Waals surface area contributed by atoms with E-state index in [-0.39, 0.29) is 16.1 Å². The van der Waals surface area contributed by atoms with E-state index in [1.807, 2.05) is 38.1 Å². The van der Waals surface area contributed by atoms with E-state index in [0.29, 0.717) is 18.0 Å². The molecule has 156 valence electrons. The predicted octanol–water partition coefficient (Wildman–Crippen LogP) is 3.52. The maximum absolute atomic E-state index is 12.3. The van der Waals surface area contributed by atoms with Crippen LogP contribution in [-0.4, -0.2) is 35.2 Å². The zero-order valence-corrected chi connectivity index (χ0v) is 17.7. The van der Waals surface area contributed by atoms with Crippen LogP contribution in [0.25, 0.3) is 0 Å². The third kappa shape index (κ3) is 5.77. The van der Waals surface area contributed by atoms with Gasteiger partial charge in [0.05, 0.1) is 13.2 Å². The molecule has 0 bridgehead atoms. The van der Waals surface area contributed by atoms with Gasteiger partial charge in [-0.2, -0.15) is 0 Å². The fourth-order valence-electron chi connectivity index (χ4n) is 2.48. The van der Waals surface area contributed by atoms with Crippen LogP contribution in [0.3, 0.4) is 0 Å². The van der Waals surface area contributed by atoms with Crippen molar-refractivity contribution in [3.05, 3.63) is 64.1 Å². The van der Waals surface area contributed by atoms with E-state index < -0.39 is 11.8 Å². The molecule has 30 heavy (non-hydrogen) atoms. The molecule has 0 spiro atoms. The molecule has 1 heterocycles. The fraction of sp³-hybridized carbons (Fsp3) is 0.238. The molecule has 2 amide bonds. The van der Waals surface area contributed by atoms with Crippen LogP contribution in [-0.2, 0) is 6.54 Å². The summed E-state index contributed by atoms with van der Waals surface area (Å²) < 4.78 is 10.7. The molecule has 1 aromatic heterocycles. The third-order valence-corrected chi connectivity index (χ3v) is 4.83. The molecule has 0 aliphatic heterocycles. The first-order chi connectivity index (χ1) is 14.4. The van der Waals surface area contributed by atoms with Crippen molar-refractivity contribution < 1.29 is 19.1 Å². The molecule has 9 heteroatoms. The Morgan fingerprint density at radius 1 is 0.933 bits per heavy atom. The normalized spacial score (nSPS) is 10.5. The number of rotatable bonds is 8. The lowest BCUT2D eigenvalue weighted by atomic mass is 10.2. The minimum atomic E-state index is -0.433. The van der Waals surface area contributed by atoms with Gasteiger partial charge < -0.3 is 20.1 Å². The van der Waals surface area contributed by atoms with Gasteiger partial charge in [-0.15, -0.1) is 10.2 Å². The van der Waals surface area contributed by atoms with Crippen LogP contribution >= 0.6 is 11.3 Å². The molecule has 0 radical (unpaired) electrons. The average molecular weight is 426 g/mol. The van der Waals surface area contributed by atoms with Crippen LogP contribution in [0.2, 0.25) is 0 Å². The van der Waals surface area contributed by atoms with Gasteiger partial charge in [0.15, 0.2) is 0 Å². The first-order valence-electron chi connectivity index (χ1n) is 9.27. The highest BCUT2D eigenvalue weighted by Crippen LogP contribution is 2.18. The van der Waals surface area contributed by atoms with Gasteiger partial charge in [-0.05, 0) is 55.8 Å². The highest BCUT2D eigenvalue weighted by molar-refractivity contribution is 7.15. The summed E-state index contributed by atoms with van der Waals surface area (Å²) in [5, 5.41) is 13.3. The minimum Gasteiger partial charge on any atom is -0.497 e. The highest BCUT2D eigenvalue weighted by atomic mass is 32.1. The summed E-state index contributed by atoms with van der Waals surface area (Å²) in [5.74, 6) is 0.637. The van der Waals surface area contributed by atoms with Crippen LogP contribution in [0.4, 0.5) is 5.69 Å². The van der Waals surface area contributed by atoms with Crippen molar-refractivity contribution in [3.63, 3.8) is 0 Å². The Morgan fingerprint density at radius 3 is 2.13 bits per heavy atom. The van der Waals surface area contributed by atoms with E-state index in [4.69, 9.17) is 9.47 Å². The Balaban J connectivity index is 1.54. The smallest absolute Gasteiger partial charge is 0.286 e. The Morgan fingerprint density at radius 2 is 1.53 bits per heavy atom. The second-order valence-electron chi connectivity index (χ2n) is 6.59. The summed E-state index contributed by atoms with van der Waals surface area (Å²) in [5.41, 5.74) is 1.51. The van der Waals surface area contributed by atoms with E-state index >= 15 is 0 Å². The summed E-state index contributed by atoms with van der Waals surface area (Å²) in [4.78, 5) is 24.6. The summed E-state index contributed by atoms with van der Waals surface area (Å²) in [6.45, 7) is 4.25. The molecule has 3 aromatic rings. The van der Waals surface area contributed by atoms with E-state index in [1.54, 1.807) is 31.4 Å². The quantitative estimate of drug-likeness (QED) is 0.571. The summed E-state index contributed by atoms with van der Waals surface area (Å²) in [7, 11) is 1.57. The van der Waals surface area contributed by atoms with Crippen molar-refractivity contribution in [2.24, 2.45) is 0 Å². The zero-order valence-electron chi connectivity index (χ0n) is 16.8. The summed E-state index contributed by atoms with van der Waals surface area (Å²) >= 11 is 0.929. The maximum Gasteiger partial charge on any atom is 0.286 e. The lowest BCUT2D eigenvalue weighted by molar-refractivity contribution is 0.0948. The lowest BCUT2D eigenvalue weighted by Crippen LogP contribution is -2.22. The number of ether oxygens (including phenoxy) is 2. The van der Waals surface area contributed by atoms with Crippen LogP contribution in [0.5, 0.6) is 11.5 Å². The van der Waals surface area contributed by atoms with Crippen LogP contribution in [0.15, 0.2) is 48.5 Å². The third-order valence-electron chi connectivity index (χ3n) is 3.91. The molecule has 0 fully saturated rings. The van der Waals surface area contributed by atoms with Crippen LogP contribution in [0.1, 0.15) is 39.0 Å². The minimum absolute atomic E-state index is 0.101. The Bertz CT molecular complexity index is 1000. The number of methoxy groups -OCH3 is 1. The van der Waals surface area contributed by atoms with Gasteiger partial charge in [-0.3, -0.25) is 9.59 Å². The van der Waals surface area contributed by atoms with E-state index in [9.17, 15) is 9.59 Å². The van der Waals surface area contributed by atoms with Crippen molar-refractivity contribution in [1.82, 2.24) is 15.5 Å². The van der Waals surface area contributed by atoms with Crippen molar-refractivity contribution in [2.45, 2.75) is 26.5 Å². The van der Waals surface area contributed by atoms with Gasteiger partial charge in [0.1, 0.15) is 11.5 Å². The van der Waals surface area contributed by atoms with Gasteiger partial charge >= 0.3 is 0 Å². The average Bonchev–Trinajstić information content (AvgIpc) is 3.24. The monoisotopic (exact) mass is 426 g/mol. The van der Waals surface area contributed by atoms with Gasteiger partial charge in [0, 0.05) is 12.2 Å². The van der Waals surface area contributed by atoms with E-state index in [1.165, 1.54) is 0 Å². The van der Waals surface area contributed by atoms with Crippen molar-refractivity contribution >= 4 is 28.8 Å². The van der Waals surface area contributed by atoms with Crippen molar-refractivity contribution in [2.75, 3.05) is 12.4 Å². The van der Waals surface area contributed by atoms with E-state index in [0.717, 1.165) is 22.6 Å². The fourth-order valence-corrected chi connectivity index (χ4v) is 3.14. The highest BCUT2D eigenvalue weighted by Gasteiger charge is 2.17. The number of aromatic nitrogens is 2. The summed E-state index contributed by atoms with van der Waals surface area (Å²) in [6, 6.07) is 14.4.